The van der Waals surface area contributed by atoms with Crippen LogP contribution in [-0.2, 0) is 0 Å². The molecule has 1 saturated heterocycles. The molecule has 2 aliphatic rings. The molecule has 0 radical (unpaired) electrons. The highest BCUT2D eigenvalue weighted by atomic mass is 35.5. The van der Waals surface area contributed by atoms with Crippen LogP contribution in [0.4, 0.5) is 0 Å². The zero-order valence-electron chi connectivity index (χ0n) is 12.4. The number of likely N-dealkylation sites (tertiary alicyclic amines) is 1. The molecule has 0 spiro atoms. The monoisotopic (exact) mass is 338 g/mol. The number of aliphatic imine (C=N–C) groups is 1. The maximum absolute atomic E-state index is 10.6. The molecule has 2 heterocycles. The van der Waals surface area contributed by atoms with Crippen molar-refractivity contribution < 1.29 is 10.2 Å². The average molecular weight is 339 g/mol. The lowest BCUT2D eigenvalue weighted by Gasteiger charge is -2.27. The van der Waals surface area contributed by atoms with Crippen molar-refractivity contribution in [3.05, 3.63) is 33.7 Å². The summed E-state index contributed by atoms with van der Waals surface area (Å²) in [6.07, 6.45) is 5.34. The van der Waals surface area contributed by atoms with Gasteiger partial charge < -0.3 is 15.1 Å². The standard InChI is InChI=1S/C16H19ClN2O2S/c1-16(21)14(10-11-9-12(17)5-6-13(11)20)22-15(18-16)19-7-3-2-4-8-19/h5-6,9-10,20-21H,2-4,7-8H2,1H3/b14-10-. The molecule has 118 valence electrons. The predicted octanol–water partition coefficient (Wildman–Crippen LogP) is 3.68. The van der Waals surface area contributed by atoms with Crippen LogP contribution in [0.1, 0.15) is 31.7 Å². The Labute approximate surface area is 139 Å². The Kier molecular flexibility index (Phi) is 4.39. The number of nitrogens with zero attached hydrogens (tertiary/aromatic N) is 2. The molecule has 0 saturated carbocycles. The molecule has 1 unspecified atom stereocenters. The number of halogens is 1. The summed E-state index contributed by atoms with van der Waals surface area (Å²) in [7, 11) is 0. The minimum Gasteiger partial charge on any atom is -0.507 e. The van der Waals surface area contributed by atoms with Crippen molar-refractivity contribution in [2.24, 2.45) is 4.99 Å². The van der Waals surface area contributed by atoms with Crippen LogP contribution in [0.3, 0.4) is 0 Å². The van der Waals surface area contributed by atoms with Crippen LogP contribution in [-0.4, -0.2) is 39.1 Å². The van der Waals surface area contributed by atoms with Gasteiger partial charge in [-0.1, -0.05) is 23.4 Å². The van der Waals surface area contributed by atoms with E-state index in [-0.39, 0.29) is 5.75 Å². The Morgan fingerprint density at radius 3 is 2.77 bits per heavy atom. The quantitative estimate of drug-likeness (QED) is 0.820. The van der Waals surface area contributed by atoms with Gasteiger partial charge >= 0.3 is 0 Å². The second kappa shape index (κ2) is 6.14. The van der Waals surface area contributed by atoms with Crippen LogP contribution in [0, 0.1) is 0 Å². The highest BCUT2D eigenvalue weighted by Crippen LogP contribution is 2.41. The second-order valence-electron chi connectivity index (χ2n) is 5.78. The summed E-state index contributed by atoms with van der Waals surface area (Å²) < 4.78 is 0. The molecule has 2 N–H and O–H groups in total. The number of phenolic OH excluding ortho intramolecular Hbond substituents is 1. The Balaban J connectivity index is 1.86. The van der Waals surface area contributed by atoms with E-state index in [1.807, 2.05) is 0 Å². The summed E-state index contributed by atoms with van der Waals surface area (Å²) in [4.78, 5) is 7.38. The Morgan fingerprint density at radius 2 is 2.05 bits per heavy atom. The van der Waals surface area contributed by atoms with Gasteiger partial charge in [0.05, 0.1) is 0 Å². The smallest absolute Gasteiger partial charge is 0.188 e. The van der Waals surface area contributed by atoms with Crippen LogP contribution >= 0.6 is 23.4 Å². The predicted molar refractivity (Wildman–Crippen MR) is 92.2 cm³/mol. The summed E-state index contributed by atoms with van der Waals surface area (Å²) in [6, 6.07) is 4.86. The zero-order valence-corrected chi connectivity index (χ0v) is 14.0. The molecule has 1 fully saturated rings. The fourth-order valence-electron chi connectivity index (χ4n) is 2.63. The fraction of sp³-hybridized carbons (Fsp3) is 0.438. The van der Waals surface area contributed by atoms with Gasteiger partial charge in [0.1, 0.15) is 5.75 Å². The Hall–Kier alpha value is -1.17. The van der Waals surface area contributed by atoms with Crippen molar-refractivity contribution in [1.29, 1.82) is 0 Å². The van der Waals surface area contributed by atoms with Gasteiger partial charge in [-0.15, -0.1) is 0 Å². The van der Waals surface area contributed by atoms with Gasteiger partial charge in [0.15, 0.2) is 10.9 Å². The molecular weight excluding hydrogens is 320 g/mol. The number of hydrogen-bond acceptors (Lipinski definition) is 5. The number of thioether (sulfide) groups is 1. The number of aromatic hydroxyl groups is 1. The van der Waals surface area contributed by atoms with Gasteiger partial charge in [0.25, 0.3) is 0 Å². The van der Waals surface area contributed by atoms with Gasteiger partial charge in [-0.05, 0) is 50.5 Å². The van der Waals surface area contributed by atoms with Crippen LogP contribution in [0.15, 0.2) is 28.1 Å². The van der Waals surface area contributed by atoms with E-state index in [0.717, 1.165) is 31.1 Å². The summed E-state index contributed by atoms with van der Waals surface area (Å²) in [5.74, 6) is 0.139. The molecule has 0 aliphatic carbocycles. The maximum Gasteiger partial charge on any atom is 0.188 e. The third-order valence-electron chi connectivity index (χ3n) is 3.88. The summed E-state index contributed by atoms with van der Waals surface area (Å²) in [6.45, 7) is 3.64. The Morgan fingerprint density at radius 1 is 1.32 bits per heavy atom. The highest BCUT2D eigenvalue weighted by Gasteiger charge is 2.36. The van der Waals surface area contributed by atoms with Crippen molar-refractivity contribution in [1.82, 2.24) is 4.90 Å². The van der Waals surface area contributed by atoms with Crippen LogP contribution in [0.25, 0.3) is 6.08 Å². The van der Waals surface area contributed by atoms with E-state index in [1.54, 1.807) is 31.2 Å². The van der Waals surface area contributed by atoms with Gasteiger partial charge in [-0.3, -0.25) is 0 Å². The molecule has 1 atom stereocenters. The molecule has 1 aromatic carbocycles. The van der Waals surface area contributed by atoms with Crippen molar-refractivity contribution >= 4 is 34.6 Å². The number of amidine groups is 1. The number of aliphatic hydroxyl groups is 1. The van der Waals surface area contributed by atoms with Gasteiger partial charge in [0, 0.05) is 28.6 Å². The van der Waals surface area contributed by atoms with Crippen molar-refractivity contribution in [2.45, 2.75) is 31.9 Å². The number of piperidine rings is 1. The first kappa shape index (κ1) is 15.7. The Bertz CT molecular complexity index is 637. The average Bonchev–Trinajstić information content (AvgIpc) is 2.79. The van der Waals surface area contributed by atoms with E-state index < -0.39 is 5.72 Å². The molecule has 1 aromatic rings. The van der Waals surface area contributed by atoms with Crippen LogP contribution in [0.2, 0.25) is 5.02 Å². The molecule has 22 heavy (non-hydrogen) atoms. The van der Waals surface area contributed by atoms with E-state index in [0.29, 0.717) is 15.5 Å². The molecule has 0 amide bonds. The summed E-state index contributed by atoms with van der Waals surface area (Å²) >= 11 is 7.44. The molecule has 6 heteroatoms. The first-order chi connectivity index (χ1) is 10.5. The van der Waals surface area contributed by atoms with Gasteiger partial charge in [0.2, 0.25) is 0 Å². The second-order valence-corrected chi connectivity index (χ2v) is 7.22. The van der Waals surface area contributed by atoms with E-state index in [1.165, 1.54) is 18.2 Å². The lowest BCUT2D eigenvalue weighted by Crippen LogP contribution is -2.33. The van der Waals surface area contributed by atoms with E-state index in [2.05, 4.69) is 9.89 Å². The highest BCUT2D eigenvalue weighted by molar-refractivity contribution is 8.17. The fourth-order valence-corrected chi connectivity index (χ4v) is 3.97. The normalized spacial score (nSPS) is 27.3. The molecule has 2 aliphatic heterocycles. The first-order valence-electron chi connectivity index (χ1n) is 7.41. The number of phenols is 1. The van der Waals surface area contributed by atoms with E-state index in [4.69, 9.17) is 11.6 Å². The molecule has 4 nitrogen and oxygen atoms in total. The third kappa shape index (κ3) is 3.26. The van der Waals surface area contributed by atoms with Crippen LogP contribution in [0.5, 0.6) is 5.75 Å². The minimum atomic E-state index is -1.26. The molecule has 3 rings (SSSR count). The molecule has 0 aromatic heterocycles. The van der Waals surface area contributed by atoms with Crippen LogP contribution < -0.4 is 0 Å². The van der Waals surface area contributed by atoms with E-state index >= 15 is 0 Å². The van der Waals surface area contributed by atoms with Crippen molar-refractivity contribution in [3.63, 3.8) is 0 Å². The van der Waals surface area contributed by atoms with Gasteiger partial charge in [-0.2, -0.15) is 0 Å². The number of hydrogen-bond donors (Lipinski definition) is 2. The lowest BCUT2D eigenvalue weighted by atomic mass is 10.1. The largest absolute Gasteiger partial charge is 0.507 e. The third-order valence-corrected chi connectivity index (χ3v) is 5.38. The topological polar surface area (TPSA) is 56.1 Å². The van der Waals surface area contributed by atoms with Crippen molar-refractivity contribution in [3.8, 4) is 5.75 Å². The summed E-state index contributed by atoms with van der Waals surface area (Å²) in [5.41, 5.74) is -0.669. The maximum atomic E-state index is 10.6. The molecular formula is C16H19ClN2O2S. The summed E-state index contributed by atoms with van der Waals surface area (Å²) in [5, 5.41) is 21.9. The zero-order chi connectivity index (χ0) is 15.7. The van der Waals surface area contributed by atoms with Gasteiger partial charge in [-0.25, -0.2) is 4.99 Å². The van der Waals surface area contributed by atoms with Crippen molar-refractivity contribution in [2.75, 3.05) is 13.1 Å². The lowest BCUT2D eigenvalue weighted by molar-refractivity contribution is 0.120. The minimum absolute atomic E-state index is 0.139. The van der Waals surface area contributed by atoms with E-state index in [9.17, 15) is 10.2 Å². The number of benzene rings is 1. The number of rotatable bonds is 1. The SMILES string of the molecule is CC1(O)N=C(N2CCCCC2)S/C1=C\c1cc(Cl)ccc1O. The molecule has 0 bridgehead atoms. The first-order valence-corrected chi connectivity index (χ1v) is 8.61.